The Kier molecular flexibility index (Phi) is 4.44. The lowest BCUT2D eigenvalue weighted by Crippen LogP contribution is -2.35. The Morgan fingerprint density at radius 3 is 2.71 bits per heavy atom. The molecule has 1 N–H and O–H groups in total. The molecule has 0 radical (unpaired) electrons. The molecule has 0 saturated carbocycles. The molecule has 0 bridgehead atoms. The van der Waals surface area contributed by atoms with E-state index in [-0.39, 0.29) is 10.4 Å². The SMILES string of the molecule is CCCCC(C)(C)c1cc(N2C(=O)C(Cl)=C(C)C2O)no1. The van der Waals surface area contributed by atoms with Crippen molar-refractivity contribution in [3.05, 3.63) is 22.4 Å². The summed E-state index contributed by atoms with van der Waals surface area (Å²) in [7, 11) is 0. The van der Waals surface area contributed by atoms with Crippen LogP contribution >= 0.6 is 11.6 Å². The minimum Gasteiger partial charge on any atom is -0.369 e. The van der Waals surface area contributed by atoms with Crippen molar-refractivity contribution in [2.24, 2.45) is 0 Å². The van der Waals surface area contributed by atoms with E-state index in [1.807, 2.05) is 0 Å². The van der Waals surface area contributed by atoms with E-state index in [0.717, 1.165) is 24.2 Å². The second-order valence-electron chi connectivity index (χ2n) is 6.08. The molecule has 1 amide bonds. The summed E-state index contributed by atoms with van der Waals surface area (Å²) < 4.78 is 5.39. The second-order valence-corrected chi connectivity index (χ2v) is 6.46. The number of nitrogens with zero attached hydrogens (tertiary/aromatic N) is 2. The summed E-state index contributed by atoms with van der Waals surface area (Å²) in [5.41, 5.74) is 0.262. The number of hydrogen-bond donors (Lipinski definition) is 1. The highest BCUT2D eigenvalue weighted by molar-refractivity contribution is 6.45. The zero-order valence-corrected chi connectivity index (χ0v) is 13.6. The Labute approximate surface area is 129 Å². The standard InChI is InChI=1S/C15H21ClN2O3/c1-5-6-7-15(3,4)10-8-11(17-21-10)18-13(19)9(2)12(16)14(18)20/h8,13,19H,5-7H2,1-4H3. The average Bonchev–Trinajstić information content (AvgIpc) is 2.99. The Bertz CT molecular complexity index is 577. The molecular weight excluding hydrogens is 292 g/mol. The van der Waals surface area contributed by atoms with E-state index in [1.165, 1.54) is 0 Å². The van der Waals surface area contributed by atoms with Crippen LogP contribution < -0.4 is 4.90 Å². The zero-order chi connectivity index (χ0) is 15.8. The van der Waals surface area contributed by atoms with E-state index >= 15 is 0 Å². The summed E-state index contributed by atoms with van der Waals surface area (Å²) in [5, 5.41) is 14.1. The largest absolute Gasteiger partial charge is 0.369 e. The highest BCUT2D eigenvalue weighted by Crippen LogP contribution is 2.35. The van der Waals surface area contributed by atoms with Gasteiger partial charge in [-0.25, -0.2) is 0 Å². The molecule has 0 saturated heterocycles. The van der Waals surface area contributed by atoms with Gasteiger partial charge in [-0.3, -0.25) is 9.69 Å². The number of aliphatic hydroxyl groups excluding tert-OH is 1. The number of unbranched alkanes of at least 4 members (excludes halogenated alkanes) is 1. The Morgan fingerprint density at radius 1 is 1.52 bits per heavy atom. The van der Waals surface area contributed by atoms with E-state index in [9.17, 15) is 9.90 Å². The first-order valence-corrected chi connectivity index (χ1v) is 7.52. The molecule has 0 aliphatic carbocycles. The fraction of sp³-hybridized carbons (Fsp3) is 0.600. The van der Waals surface area contributed by atoms with Crippen LogP contribution in [0.4, 0.5) is 5.82 Å². The van der Waals surface area contributed by atoms with Gasteiger partial charge in [0.25, 0.3) is 5.91 Å². The second kappa shape index (κ2) is 5.81. The maximum absolute atomic E-state index is 12.1. The first kappa shape index (κ1) is 16.0. The number of aromatic nitrogens is 1. The summed E-state index contributed by atoms with van der Waals surface area (Å²) in [6.07, 6.45) is 2.07. The number of aliphatic hydroxyl groups is 1. The summed E-state index contributed by atoms with van der Waals surface area (Å²) in [6.45, 7) is 7.91. The minimum atomic E-state index is -1.08. The predicted molar refractivity (Wildman–Crippen MR) is 81.1 cm³/mol. The lowest BCUT2D eigenvalue weighted by Gasteiger charge is -2.20. The number of hydrogen-bond acceptors (Lipinski definition) is 4. The summed E-state index contributed by atoms with van der Waals surface area (Å²) >= 11 is 5.89. The van der Waals surface area contributed by atoms with Crippen LogP contribution in [-0.4, -0.2) is 22.4 Å². The maximum Gasteiger partial charge on any atom is 0.273 e. The van der Waals surface area contributed by atoms with Crippen LogP contribution in [0.2, 0.25) is 0 Å². The molecule has 1 atom stereocenters. The van der Waals surface area contributed by atoms with E-state index in [0.29, 0.717) is 17.2 Å². The van der Waals surface area contributed by atoms with Crippen molar-refractivity contribution < 1.29 is 14.4 Å². The van der Waals surface area contributed by atoms with Crippen molar-refractivity contribution in [3.63, 3.8) is 0 Å². The molecule has 1 aliphatic heterocycles. The lowest BCUT2D eigenvalue weighted by atomic mass is 9.85. The fourth-order valence-corrected chi connectivity index (χ4v) is 2.55. The van der Waals surface area contributed by atoms with Crippen LogP contribution in [0.5, 0.6) is 0 Å². The first-order valence-electron chi connectivity index (χ1n) is 7.14. The summed E-state index contributed by atoms with van der Waals surface area (Å²) in [6, 6.07) is 1.71. The van der Waals surface area contributed by atoms with Gasteiger partial charge in [0.15, 0.2) is 12.0 Å². The molecule has 1 aromatic rings. The maximum atomic E-state index is 12.1. The molecule has 0 spiro atoms. The highest BCUT2D eigenvalue weighted by Gasteiger charge is 2.38. The molecule has 1 aliphatic rings. The van der Waals surface area contributed by atoms with Gasteiger partial charge in [-0.1, -0.05) is 50.4 Å². The molecule has 1 aromatic heterocycles. The zero-order valence-electron chi connectivity index (χ0n) is 12.8. The Balaban J connectivity index is 2.24. The van der Waals surface area contributed by atoms with Crippen LogP contribution in [0.1, 0.15) is 52.7 Å². The first-order chi connectivity index (χ1) is 9.79. The van der Waals surface area contributed by atoms with Gasteiger partial charge < -0.3 is 9.63 Å². The number of halogens is 1. The van der Waals surface area contributed by atoms with Gasteiger partial charge in [-0.05, 0) is 13.3 Å². The number of anilines is 1. The van der Waals surface area contributed by atoms with Crippen LogP contribution in [0, 0.1) is 0 Å². The topological polar surface area (TPSA) is 66.6 Å². The van der Waals surface area contributed by atoms with E-state index in [4.69, 9.17) is 16.1 Å². The quantitative estimate of drug-likeness (QED) is 0.905. The van der Waals surface area contributed by atoms with Gasteiger partial charge in [-0.2, -0.15) is 0 Å². The van der Waals surface area contributed by atoms with E-state index in [1.54, 1.807) is 13.0 Å². The van der Waals surface area contributed by atoms with E-state index < -0.39 is 12.1 Å². The molecule has 5 nitrogen and oxygen atoms in total. The van der Waals surface area contributed by atoms with Crippen LogP contribution in [0.3, 0.4) is 0 Å². The third kappa shape index (κ3) is 2.85. The van der Waals surface area contributed by atoms with Crippen LogP contribution in [-0.2, 0) is 10.2 Å². The average molecular weight is 313 g/mol. The van der Waals surface area contributed by atoms with Gasteiger partial charge in [0.2, 0.25) is 0 Å². The van der Waals surface area contributed by atoms with Crippen LogP contribution in [0.15, 0.2) is 21.2 Å². The molecule has 2 rings (SSSR count). The molecule has 2 heterocycles. The van der Waals surface area contributed by atoms with Crippen molar-refractivity contribution in [3.8, 4) is 0 Å². The lowest BCUT2D eigenvalue weighted by molar-refractivity contribution is -0.115. The van der Waals surface area contributed by atoms with Gasteiger partial charge >= 0.3 is 0 Å². The van der Waals surface area contributed by atoms with Crippen molar-refractivity contribution in [2.45, 2.75) is 58.6 Å². The van der Waals surface area contributed by atoms with Crippen LogP contribution in [0.25, 0.3) is 0 Å². The smallest absolute Gasteiger partial charge is 0.273 e. The molecule has 116 valence electrons. The van der Waals surface area contributed by atoms with Gasteiger partial charge in [0.1, 0.15) is 10.8 Å². The Morgan fingerprint density at radius 2 is 2.19 bits per heavy atom. The fourth-order valence-electron chi connectivity index (χ4n) is 2.36. The van der Waals surface area contributed by atoms with Crippen molar-refractivity contribution in [1.29, 1.82) is 0 Å². The summed E-state index contributed by atoms with van der Waals surface area (Å²) in [5.74, 6) is 0.543. The van der Waals surface area contributed by atoms with Crippen molar-refractivity contribution in [1.82, 2.24) is 5.16 Å². The number of carbonyl (C=O) groups is 1. The van der Waals surface area contributed by atoms with Gasteiger partial charge in [0, 0.05) is 17.1 Å². The van der Waals surface area contributed by atoms with Crippen molar-refractivity contribution >= 4 is 23.3 Å². The molecule has 0 aromatic carbocycles. The predicted octanol–water partition coefficient (Wildman–Crippen LogP) is 3.32. The van der Waals surface area contributed by atoms with Crippen molar-refractivity contribution in [2.75, 3.05) is 4.90 Å². The third-order valence-electron chi connectivity index (χ3n) is 3.95. The number of rotatable bonds is 5. The monoisotopic (exact) mass is 312 g/mol. The summed E-state index contributed by atoms with van der Waals surface area (Å²) in [4.78, 5) is 13.2. The van der Waals surface area contributed by atoms with Gasteiger partial charge in [-0.15, -0.1) is 0 Å². The molecule has 21 heavy (non-hydrogen) atoms. The minimum absolute atomic E-state index is 0.0392. The highest BCUT2D eigenvalue weighted by atomic mass is 35.5. The molecular formula is C15H21ClN2O3. The molecule has 0 fully saturated rings. The molecule has 1 unspecified atom stereocenters. The number of carbonyl (C=O) groups excluding carboxylic acids is 1. The Hall–Kier alpha value is -1.33. The normalized spacial score (nSPS) is 19.8. The van der Waals surface area contributed by atoms with Gasteiger partial charge in [0.05, 0.1) is 0 Å². The third-order valence-corrected chi connectivity index (χ3v) is 4.41. The molecule has 6 heteroatoms. The van der Waals surface area contributed by atoms with E-state index in [2.05, 4.69) is 25.9 Å². The number of amides is 1.